The summed E-state index contributed by atoms with van der Waals surface area (Å²) < 4.78 is 11.5. The molecule has 1 aliphatic heterocycles. The van der Waals surface area contributed by atoms with Gasteiger partial charge in [0, 0.05) is 23.5 Å². The van der Waals surface area contributed by atoms with Crippen molar-refractivity contribution in [3.63, 3.8) is 0 Å². The first kappa shape index (κ1) is 14.1. The van der Waals surface area contributed by atoms with Crippen molar-refractivity contribution in [1.29, 1.82) is 0 Å². The number of aryl methyl sites for hydroxylation is 1. The van der Waals surface area contributed by atoms with Crippen molar-refractivity contribution in [2.24, 2.45) is 0 Å². The van der Waals surface area contributed by atoms with Crippen LogP contribution in [0, 0.1) is 0 Å². The molecule has 2 aromatic rings. The van der Waals surface area contributed by atoms with Gasteiger partial charge in [-0.15, -0.1) is 0 Å². The summed E-state index contributed by atoms with van der Waals surface area (Å²) in [5.74, 6) is 0.659. The molecule has 2 heterocycles. The standard InChI is InChI=1S/C17H18ClNO3/c1-9(2)19-7-13-15-12(6-14(18)16(13)21-8-19)10-4-3-5-11(10)17(20)22-15/h6,9H,3-5,7-8H2,1-2H3. The van der Waals surface area contributed by atoms with Gasteiger partial charge in [0.2, 0.25) is 0 Å². The quantitative estimate of drug-likeness (QED) is 0.755. The fourth-order valence-electron chi connectivity index (χ4n) is 3.46. The largest absolute Gasteiger partial charge is 0.476 e. The molecule has 0 amide bonds. The van der Waals surface area contributed by atoms with Gasteiger partial charge in [0.1, 0.15) is 18.1 Å². The first-order chi connectivity index (χ1) is 10.6. The molecule has 2 aliphatic rings. The third-order valence-corrected chi connectivity index (χ3v) is 5.01. The zero-order valence-corrected chi connectivity index (χ0v) is 13.5. The number of fused-ring (bicyclic) bond motifs is 5. The lowest BCUT2D eigenvalue weighted by Crippen LogP contribution is -2.37. The van der Waals surface area contributed by atoms with Crippen molar-refractivity contribution in [3.8, 4) is 5.75 Å². The molecular weight excluding hydrogens is 302 g/mol. The molecule has 4 rings (SSSR count). The van der Waals surface area contributed by atoms with Crippen LogP contribution in [0.3, 0.4) is 0 Å². The second kappa shape index (κ2) is 5.00. The maximum absolute atomic E-state index is 12.3. The molecule has 0 fully saturated rings. The van der Waals surface area contributed by atoms with Crippen LogP contribution >= 0.6 is 11.6 Å². The van der Waals surface area contributed by atoms with Crippen LogP contribution in [0.25, 0.3) is 11.0 Å². The Morgan fingerprint density at radius 3 is 2.77 bits per heavy atom. The van der Waals surface area contributed by atoms with E-state index in [-0.39, 0.29) is 5.63 Å². The van der Waals surface area contributed by atoms with Gasteiger partial charge in [-0.05, 0) is 44.7 Å². The van der Waals surface area contributed by atoms with Crippen molar-refractivity contribution < 1.29 is 9.15 Å². The summed E-state index contributed by atoms with van der Waals surface area (Å²) in [7, 11) is 0. The average molecular weight is 320 g/mol. The molecule has 0 saturated heterocycles. The summed E-state index contributed by atoms with van der Waals surface area (Å²) in [4.78, 5) is 14.4. The predicted octanol–water partition coefficient (Wildman–Crippen LogP) is 3.50. The minimum Gasteiger partial charge on any atom is -0.476 e. The van der Waals surface area contributed by atoms with E-state index in [4.69, 9.17) is 20.8 Å². The lowest BCUT2D eigenvalue weighted by Gasteiger charge is -2.32. The first-order valence-corrected chi connectivity index (χ1v) is 8.11. The normalized spacial score (nSPS) is 17.6. The van der Waals surface area contributed by atoms with Gasteiger partial charge in [0.15, 0.2) is 0 Å². The van der Waals surface area contributed by atoms with Crippen molar-refractivity contribution in [1.82, 2.24) is 4.90 Å². The van der Waals surface area contributed by atoms with E-state index < -0.39 is 0 Å². The Hall–Kier alpha value is -1.52. The Morgan fingerprint density at radius 1 is 1.23 bits per heavy atom. The molecule has 1 aromatic carbocycles. The minimum absolute atomic E-state index is 0.203. The monoisotopic (exact) mass is 319 g/mol. The Kier molecular flexibility index (Phi) is 3.20. The number of hydrogen-bond acceptors (Lipinski definition) is 4. The van der Waals surface area contributed by atoms with Gasteiger partial charge in [-0.3, -0.25) is 4.90 Å². The Balaban J connectivity index is 2.01. The number of rotatable bonds is 1. The van der Waals surface area contributed by atoms with Gasteiger partial charge in [0.05, 0.1) is 10.6 Å². The third-order valence-electron chi connectivity index (χ3n) is 4.73. The molecule has 0 saturated carbocycles. The van der Waals surface area contributed by atoms with Crippen LogP contribution in [-0.2, 0) is 19.4 Å². The van der Waals surface area contributed by atoms with Gasteiger partial charge in [-0.2, -0.15) is 0 Å². The van der Waals surface area contributed by atoms with Crippen LogP contribution < -0.4 is 10.4 Å². The summed E-state index contributed by atoms with van der Waals surface area (Å²) in [5, 5.41) is 1.58. The maximum atomic E-state index is 12.3. The van der Waals surface area contributed by atoms with E-state index in [0.29, 0.717) is 35.7 Å². The summed E-state index contributed by atoms with van der Waals surface area (Å²) in [6, 6.07) is 2.25. The number of halogens is 1. The maximum Gasteiger partial charge on any atom is 0.339 e. The van der Waals surface area contributed by atoms with Crippen LogP contribution in [0.5, 0.6) is 5.75 Å². The van der Waals surface area contributed by atoms with Crippen LogP contribution in [0.2, 0.25) is 5.02 Å². The van der Waals surface area contributed by atoms with E-state index in [9.17, 15) is 4.79 Å². The van der Waals surface area contributed by atoms with E-state index in [1.54, 1.807) is 0 Å². The highest BCUT2D eigenvalue weighted by Crippen LogP contribution is 2.41. The Bertz CT molecular complexity index is 825. The first-order valence-electron chi connectivity index (χ1n) is 7.73. The van der Waals surface area contributed by atoms with Gasteiger partial charge >= 0.3 is 5.63 Å². The van der Waals surface area contributed by atoms with Crippen molar-refractivity contribution >= 4 is 22.6 Å². The molecule has 22 heavy (non-hydrogen) atoms. The van der Waals surface area contributed by atoms with E-state index >= 15 is 0 Å². The van der Waals surface area contributed by atoms with Gasteiger partial charge in [-0.25, -0.2) is 4.79 Å². The molecule has 0 atom stereocenters. The molecule has 1 aromatic heterocycles. The molecule has 1 aliphatic carbocycles. The predicted molar refractivity (Wildman–Crippen MR) is 85.7 cm³/mol. The Morgan fingerprint density at radius 2 is 2.00 bits per heavy atom. The SMILES string of the molecule is CC(C)N1COc2c(Cl)cc3c4c(c(=O)oc3c2C1)CCC4. The number of benzene rings is 1. The van der Waals surface area contributed by atoms with E-state index in [2.05, 4.69) is 18.7 Å². The molecule has 5 heteroatoms. The molecule has 116 valence electrons. The van der Waals surface area contributed by atoms with Crippen LogP contribution in [-0.4, -0.2) is 17.7 Å². The van der Waals surface area contributed by atoms with Gasteiger partial charge in [0.25, 0.3) is 0 Å². The molecule has 0 N–H and O–H groups in total. The molecular formula is C17H18ClNO3. The van der Waals surface area contributed by atoms with Crippen molar-refractivity contribution in [2.75, 3.05) is 6.73 Å². The number of nitrogens with zero attached hydrogens (tertiary/aromatic N) is 1. The smallest absolute Gasteiger partial charge is 0.339 e. The van der Waals surface area contributed by atoms with E-state index in [0.717, 1.165) is 41.3 Å². The Labute approximate surface area is 133 Å². The van der Waals surface area contributed by atoms with Crippen molar-refractivity contribution in [3.05, 3.63) is 38.2 Å². The molecule has 0 spiro atoms. The zero-order valence-electron chi connectivity index (χ0n) is 12.7. The number of hydrogen-bond donors (Lipinski definition) is 0. The second-order valence-corrected chi connectivity index (χ2v) is 6.76. The van der Waals surface area contributed by atoms with Crippen molar-refractivity contribution in [2.45, 2.75) is 45.7 Å². The second-order valence-electron chi connectivity index (χ2n) is 6.36. The molecule has 0 unspecified atom stereocenters. The number of ether oxygens (including phenoxy) is 1. The average Bonchev–Trinajstić information content (AvgIpc) is 2.99. The molecule has 0 radical (unpaired) electrons. The fraction of sp³-hybridized carbons (Fsp3) is 0.471. The topological polar surface area (TPSA) is 42.7 Å². The van der Waals surface area contributed by atoms with E-state index in [1.165, 1.54) is 0 Å². The highest BCUT2D eigenvalue weighted by Gasteiger charge is 2.28. The van der Waals surface area contributed by atoms with Crippen LogP contribution in [0.15, 0.2) is 15.3 Å². The van der Waals surface area contributed by atoms with Gasteiger partial charge in [-0.1, -0.05) is 11.6 Å². The minimum atomic E-state index is -0.203. The zero-order chi connectivity index (χ0) is 15.4. The van der Waals surface area contributed by atoms with Crippen LogP contribution in [0.1, 0.15) is 37.0 Å². The van der Waals surface area contributed by atoms with E-state index in [1.807, 2.05) is 6.07 Å². The highest BCUT2D eigenvalue weighted by molar-refractivity contribution is 6.33. The summed E-state index contributed by atoms with van der Waals surface area (Å²) in [5.41, 5.74) is 3.27. The summed E-state index contributed by atoms with van der Waals surface area (Å²) >= 11 is 6.43. The molecule has 4 nitrogen and oxygen atoms in total. The molecule has 0 bridgehead atoms. The highest BCUT2D eigenvalue weighted by atomic mass is 35.5. The van der Waals surface area contributed by atoms with Crippen LogP contribution in [0.4, 0.5) is 0 Å². The lowest BCUT2D eigenvalue weighted by molar-refractivity contribution is 0.0690. The summed E-state index contributed by atoms with van der Waals surface area (Å²) in [6.45, 7) is 5.43. The van der Waals surface area contributed by atoms with Gasteiger partial charge < -0.3 is 9.15 Å². The fourth-order valence-corrected chi connectivity index (χ4v) is 3.73. The third kappa shape index (κ3) is 1.97. The summed E-state index contributed by atoms with van der Waals surface area (Å²) in [6.07, 6.45) is 2.72. The lowest BCUT2D eigenvalue weighted by atomic mass is 10.0.